The summed E-state index contributed by atoms with van der Waals surface area (Å²) < 4.78 is 11.1. The molecule has 0 bridgehead atoms. The molecule has 1 aromatic carbocycles. The smallest absolute Gasteiger partial charge is 0.123 e. The van der Waals surface area contributed by atoms with Gasteiger partial charge in [0, 0.05) is 12.7 Å². The Morgan fingerprint density at radius 3 is 2.55 bits per heavy atom. The van der Waals surface area contributed by atoms with Crippen LogP contribution in [0.25, 0.3) is 0 Å². The van der Waals surface area contributed by atoms with E-state index in [0.717, 1.165) is 12.0 Å². The molecule has 1 aromatic rings. The molecule has 2 atom stereocenters. The maximum absolute atomic E-state index is 9.88. The van der Waals surface area contributed by atoms with Gasteiger partial charge in [-0.3, -0.25) is 0 Å². The second-order valence-electron chi connectivity index (χ2n) is 5.87. The van der Waals surface area contributed by atoms with Gasteiger partial charge in [0.05, 0.1) is 6.61 Å². The Hall–Kier alpha value is -1.26. The van der Waals surface area contributed by atoms with Crippen LogP contribution in [0.3, 0.4) is 0 Å². The normalized spacial score (nSPS) is 13.8. The van der Waals surface area contributed by atoms with Crippen molar-refractivity contribution < 1.29 is 19.7 Å². The number of hydrogen-bond acceptors (Lipinski definition) is 4. The highest BCUT2D eigenvalue weighted by molar-refractivity contribution is 5.38. The van der Waals surface area contributed by atoms with Crippen LogP contribution in [0.2, 0.25) is 0 Å². The molecule has 0 heterocycles. The number of ether oxygens (including phenoxy) is 2. The van der Waals surface area contributed by atoms with E-state index in [4.69, 9.17) is 9.47 Å². The number of aliphatic hydroxyl groups is 1. The molecule has 2 unspecified atom stereocenters. The number of aryl methyl sites for hydroxylation is 1. The largest absolute Gasteiger partial charge is 0.508 e. The molecule has 0 saturated carbocycles. The zero-order valence-corrected chi connectivity index (χ0v) is 14.0. The molecular formula is C18H30O4. The molecular weight excluding hydrogens is 280 g/mol. The number of aliphatic hydroxyl groups excluding tert-OH is 1. The molecule has 4 nitrogen and oxygen atoms in total. The average Bonchev–Trinajstić information content (AvgIpc) is 2.51. The number of benzene rings is 1. The van der Waals surface area contributed by atoms with Crippen molar-refractivity contribution in [2.75, 3.05) is 19.8 Å². The van der Waals surface area contributed by atoms with Gasteiger partial charge in [0.2, 0.25) is 0 Å². The summed E-state index contributed by atoms with van der Waals surface area (Å²) >= 11 is 0. The maximum atomic E-state index is 9.88. The molecule has 0 aliphatic carbocycles. The summed E-state index contributed by atoms with van der Waals surface area (Å²) in [6.07, 6.45) is 4.06. The van der Waals surface area contributed by atoms with Crippen molar-refractivity contribution in [2.45, 2.75) is 52.6 Å². The molecule has 0 spiro atoms. The van der Waals surface area contributed by atoms with Crippen LogP contribution in [0.1, 0.15) is 45.1 Å². The molecule has 1 rings (SSSR count). The third-order valence-corrected chi connectivity index (χ3v) is 3.83. The van der Waals surface area contributed by atoms with Crippen LogP contribution in [-0.4, -0.2) is 36.1 Å². The summed E-state index contributed by atoms with van der Waals surface area (Å²) in [5, 5.41) is 19.5. The average molecular weight is 310 g/mol. The van der Waals surface area contributed by atoms with E-state index in [1.807, 2.05) is 6.92 Å². The molecule has 0 aliphatic heterocycles. The second-order valence-corrected chi connectivity index (χ2v) is 5.87. The van der Waals surface area contributed by atoms with Gasteiger partial charge in [-0.05, 0) is 30.9 Å². The lowest BCUT2D eigenvalue weighted by Gasteiger charge is -2.17. The Labute approximate surface area is 134 Å². The van der Waals surface area contributed by atoms with Crippen LogP contribution < -0.4 is 4.74 Å². The van der Waals surface area contributed by atoms with E-state index in [0.29, 0.717) is 18.3 Å². The fourth-order valence-electron chi connectivity index (χ4n) is 2.19. The van der Waals surface area contributed by atoms with Crippen LogP contribution in [-0.2, 0) is 4.74 Å². The van der Waals surface area contributed by atoms with E-state index in [1.54, 1.807) is 18.2 Å². The summed E-state index contributed by atoms with van der Waals surface area (Å²) in [7, 11) is 0. The molecule has 2 N–H and O–H groups in total. The van der Waals surface area contributed by atoms with Crippen molar-refractivity contribution in [3.8, 4) is 11.5 Å². The molecule has 0 radical (unpaired) electrons. The van der Waals surface area contributed by atoms with Gasteiger partial charge in [0.25, 0.3) is 0 Å². The zero-order valence-electron chi connectivity index (χ0n) is 14.0. The first-order chi connectivity index (χ1) is 10.6. The fourth-order valence-corrected chi connectivity index (χ4v) is 2.19. The van der Waals surface area contributed by atoms with Crippen molar-refractivity contribution >= 4 is 0 Å². The summed E-state index contributed by atoms with van der Waals surface area (Å²) in [5.41, 5.74) is 0.800. The molecule has 0 aromatic heterocycles. The Morgan fingerprint density at radius 1 is 1.14 bits per heavy atom. The van der Waals surface area contributed by atoms with Gasteiger partial charge < -0.3 is 19.7 Å². The summed E-state index contributed by atoms with van der Waals surface area (Å²) in [6.45, 7) is 7.32. The first-order valence-electron chi connectivity index (χ1n) is 8.25. The van der Waals surface area contributed by atoms with E-state index in [2.05, 4.69) is 13.8 Å². The minimum atomic E-state index is -0.660. The van der Waals surface area contributed by atoms with Crippen molar-refractivity contribution in [1.29, 1.82) is 0 Å². The van der Waals surface area contributed by atoms with Gasteiger partial charge in [0.1, 0.15) is 24.2 Å². The van der Waals surface area contributed by atoms with E-state index >= 15 is 0 Å². The van der Waals surface area contributed by atoms with E-state index in [-0.39, 0.29) is 19.0 Å². The van der Waals surface area contributed by atoms with Gasteiger partial charge >= 0.3 is 0 Å². The van der Waals surface area contributed by atoms with E-state index in [9.17, 15) is 10.2 Å². The van der Waals surface area contributed by atoms with Crippen molar-refractivity contribution in [3.05, 3.63) is 23.8 Å². The second kappa shape index (κ2) is 10.5. The Kier molecular flexibility index (Phi) is 8.94. The monoisotopic (exact) mass is 310 g/mol. The predicted octanol–water partition coefficient (Wildman–Crippen LogP) is 3.67. The van der Waals surface area contributed by atoms with Gasteiger partial charge in [-0.25, -0.2) is 0 Å². The number of unbranched alkanes of at least 4 members (excludes halogenated alkanes) is 1. The van der Waals surface area contributed by atoms with Crippen molar-refractivity contribution in [1.82, 2.24) is 0 Å². The lowest BCUT2D eigenvalue weighted by molar-refractivity contribution is -0.00112. The number of rotatable bonds is 11. The SMILES string of the molecule is CCCCC(CC)COCC(O)COc1ccc(C)c(O)c1. The lowest BCUT2D eigenvalue weighted by atomic mass is 10.0. The highest BCUT2D eigenvalue weighted by Gasteiger charge is 2.10. The summed E-state index contributed by atoms with van der Waals surface area (Å²) in [5.74, 6) is 1.32. The molecule has 0 fully saturated rings. The number of phenols is 1. The minimum Gasteiger partial charge on any atom is -0.508 e. The molecule has 0 amide bonds. The van der Waals surface area contributed by atoms with Crippen molar-refractivity contribution in [3.63, 3.8) is 0 Å². The van der Waals surface area contributed by atoms with Crippen LogP contribution in [0, 0.1) is 12.8 Å². The number of hydrogen-bond donors (Lipinski definition) is 2. The first kappa shape index (κ1) is 18.8. The van der Waals surface area contributed by atoms with Gasteiger partial charge in [-0.2, -0.15) is 0 Å². The highest BCUT2D eigenvalue weighted by Crippen LogP contribution is 2.22. The molecule has 126 valence electrons. The van der Waals surface area contributed by atoms with Gasteiger partial charge in [0.15, 0.2) is 0 Å². The third kappa shape index (κ3) is 7.14. The standard InChI is InChI=1S/C18H30O4/c1-4-6-7-15(5-2)11-21-12-16(19)13-22-17-9-8-14(3)18(20)10-17/h8-10,15-16,19-20H,4-7,11-13H2,1-3H3. The van der Waals surface area contributed by atoms with E-state index in [1.165, 1.54) is 19.3 Å². The summed E-state index contributed by atoms with van der Waals surface area (Å²) in [4.78, 5) is 0. The highest BCUT2D eigenvalue weighted by atomic mass is 16.5. The first-order valence-corrected chi connectivity index (χ1v) is 8.25. The fraction of sp³-hybridized carbons (Fsp3) is 0.667. The topological polar surface area (TPSA) is 58.9 Å². The van der Waals surface area contributed by atoms with Crippen LogP contribution in [0.5, 0.6) is 11.5 Å². The van der Waals surface area contributed by atoms with Crippen LogP contribution >= 0.6 is 0 Å². The van der Waals surface area contributed by atoms with E-state index < -0.39 is 6.10 Å². The minimum absolute atomic E-state index is 0.161. The Morgan fingerprint density at radius 2 is 1.91 bits per heavy atom. The van der Waals surface area contributed by atoms with Crippen LogP contribution in [0.4, 0.5) is 0 Å². The number of phenolic OH excluding ortho intramolecular Hbond substituents is 1. The zero-order chi connectivity index (χ0) is 16.4. The third-order valence-electron chi connectivity index (χ3n) is 3.83. The van der Waals surface area contributed by atoms with Gasteiger partial charge in [-0.1, -0.05) is 39.2 Å². The quantitative estimate of drug-likeness (QED) is 0.654. The predicted molar refractivity (Wildman–Crippen MR) is 88.5 cm³/mol. The van der Waals surface area contributed by atoms with Crippen LogP contribution in [0.15, 0.2) is 18.2 Å². The lowest BCUT2D eigenvalue weighted by Crippen LogP contribution is -2.25. The Bertz CT molecular complexity index is 420. The number of aromatic hydroxyl groups is 1. The molecule has 0 aliphatic rings. The molecule has 0 saturated heterocycles. The van der Waals surface area contributed by atoms with Gasteiger partial charge in [-0.15, -0.1) is 0 Å². The Balaban J connectivity index is 2.22. The maximum Gasteiger partial charge on any atom is 0.123 e. The molecule has 4 heteroatoms. The summed E-state index contributed by atoms with van der Waals surface area (Å²) in [6, 6.07) is 5.12. The van der Waals surface area contributed by atoms with Crippen molar-refractivity contribution in [2.24, 2.45) is 5.92 Å². The molecule has 22 heavy (non-hydrogen) atoms.